The van der Waals surface area contributed by atoms with E-state index in [1.54, 1.807) is 24.7 Å². The second-order valence-corrected chi connectivity index (χ2v) is 7.73. The maximum atomic E-state index is 12.0. The number of imidazole rings is 1. The van der Waals surface area contributed by atoms with E-state index in [-0.39, 0.29) is 9.70 Å². The van der Waals surface area contributed by atoms with Crippen LogP contribution in [0, 0.1) is 0 Å². The molecule has 0 spiro atoms. The molecule has 0 radical (unpaired) electrons. The van der Waals surface area contributed by atoms with Crippen LogP contribution >= 0.6 is 46.7 Å². The summed E-state index contributed by atoms with van der Waals surface area (Å²) in [7, 11) is 0. The zero-order valence-electron chi connectivity index (χ0n) is 11.3. The fourth-order valence-corrected chi connectivity index (χ4v) is 4.44. The van der Waals surface area contributed by atoms with Gasteiger partial charge in [-0.3, -0.25) is 4.79 Å². The number of nitrogens with zero attached hydrogens (tertiary/aromatic N) is 2. The van der Waals surface area contributed by atoms with Gasteiger partial charge in [-0.1, -0.05) is 59.7 Å². The first-order valence-corrected chi connectivity index (χ1v) is 8.96. The third-order valence-electron chi connectivity index (χ3n) is 2.75. The predicted molar refractivity (Wildman–Crippen MR) is 92.5 cm³/mol. The lowest BCUT2D eigenvalue weighted by molar-refractivity contribution is 0.276. The van der Waals surface area contributed by atoms with Gasteiger partial charge in [0.2, 0.25) is 4.45 Å². The van der Waals surface area contributed by atoms with E-state index in [0.717, 1.165) is 11.3 Å². The van der Waals surface area contributed by atoms with E-state index >= 15 is 0 Å². The maximum Gasteiger partial charge on any atom is 0.246 e. The van der Waals surface area contributed by atoms with Gasteiger partial charge in [-0.25, -0.2) is 4.98 Å². The lowest BCUT2D eigenvalue weighted by Crippen LogP contribution is -2.07. The fourth-order valence-electron chi connectivity index (χ4n) is 1.82. The van der Waals surface area contributed by atoms with Crippen molar-refractivity contribution in [1.29, 1.82) is 0 Å². The molecule has 2 rings (SSSR count). The van der Waals surface area contributed by atoms with Gasteiger partial charge in [0.25, 0.3) is 0 Å². The summed E-state index contributed by atoms with van der Waals surface area (Å²) in [6, 6.07) is 5.38. The lowest BCUT2D eigenvalue weighted by atomic mass is 10.1. The summed E-state index contributed by atoms with van der Waals surface area (Å²) < 4.78 is 2.03. The van der Waals surface area contributed by atoms with Crippen LogP contribution in [0.1, 0.15) is 17.7 Å². The molecule has 0 aliphatic carbocycles. The highest BCUT2D eigenvalue weighted by molar-refractivity contribution is 8.38. The molecule has 0 fully saturated rings. The zero-order valence-corrected chi connectivity index (χ0v) is 14.5. The van der Waals surface area contributed by atoms with Gasteiger partial charge < -0.3 is 4.57 Å². The highest BCUT2D eigenvalue weighted by atomic mass is 35.5. The predicted octanol–water partition coefficient (Wildman–Crippen LogP) is 5.54. The van der Waals surface area contributed by atoms with E-state index in [2.05, 4.69) is 4.98 Å². The number of aromatic nitrogens is 2. The molecule has 7 heteroatoms. The second-order valence-electron chi connectivity index (χ2n) is 4.21. The molecule has 1 atom stereocenters. The van der Waals surface area contributed by atoms with Crippen LogP contribution in [-0.2, 0) is 6.54 Å². The number of carbonyl (C=O) groups is 1. The van der Waals surface area contributed by atoms with Crippen LogP contribution in [0.4, 0.5) is 4.79 Å². The monoisotopic (exact) mass is 360 g/mol. The van der Waals surface area contributed by atoms with Gasteiger partial charge in [-0.05, 0) is 23.4 Å². The van der Waals surface area contributed by atoms with Crippen molar-refractivity contribution >= 4 is 51.2 Å². The highest BCUT2D eigenvalue weighted by Crippen LogP contribution is 2.38. The zero-order chi connectivity index (χ0) is 15.2. The minimum absolute atomic E-state index is 0.0736. The van der Waals surface area contributed by atoms with Crippen LogP contribution in [0.25, 0.3) is 0 Å². The Hall–Kier alpha value is -0.620. The summed E-state index contributed by atoms with van der Waals surface area (Å²) in [5.74, 6) is 0.762. The van der Waals surface area contributed by atoms with Crippen molar-refractivity contribution in [2.45, 2.75) is 18.7 Å². The van der Waals surface area contributed by atoms with E-state index in [0.29, 0.717) is 16.6 Å². The first-order valence-electron chi connectivity index (χ1n) is 6.34. The molecular formula is C14H14Cl2N2OS2. The molecule has 0 saturated carbocycles. The van der Waals surface area contributed by atoms with Gasteiger partial charge in [0, 0.05) is 29.0 Å². The second kappa shape index (κ2) is 8.13. The number of rotatable bonds is 5. The summed E-state index contributed by atoms with van der Waals surface area (Å²) in [4.78, 5) is 16.0. The quantitative estimate of drug-likeness (QED) is 0.701. The Labute approximate surface area is 142 Å². The molecule has 0 bridgehead atoms. The Balaban J connectivity index is 2.23. The molecule has 1 aromatic heterocycles. The minimum Gasteiger partial charge on any atom is -0.336 e. The van der Waals surface area contributed by atoms with Crippen LogP contribution in [0.15, 0.2) is 36.9 Å². The topological polar surface area (TPSA) is 34.9 Å². The summed E-state index contributed by atoms with van der Waals surface area (Å²) in [5.41, 5.74) is 0.907. The first kappa shape index (κ1) is 16.7. The van der Waals surface area contributed by atoms with Crippen molar-refractivity contribution in [3.05, 3.63) is 52.5 Å². The molecule has 21 heavy (non-hydrogen) atoms. The number of hydrogen-bond acceptors (Lipinski definition) is 4. The van der Waals surface area contributed by atoms with Crippen LogP contribution in [0.2, 0.25) is 10.0 Å². The van der Waals surface area contributed by atoms with Crippen LogP contribution in [0.3, 0.4) is 0 Å². The normalized spacial score (nSPS) is 12.3. The van der Waals surface area contributed by atoms with Gasteiger partial charge in [0.15, 0.2) is 0 Å². The SMILES string of the molecule is CCSC(=O)SC(Cn1ccnc1)c1ccc(Cl)cc1Cl. The Bertz CT molecular complexity index is 605. The smallest absolute Gasteiger partial charge is 0.246 e. The summed E-state index contributed by atoms with van der Waals surface area (Å²) >= 11 is 14.8. The van der Waals surface area contributed by atoms with Crippen LogP contribution < -0.4 is 0 Å². The summed E-state index contributed by atoms with van der Waals surface area (Å²) in [6.07, 6.45) is 5.32. The van der Waals surface area contributed by atoms with E-state index in [4.69, 9.17) is 23.2 Å². The number of carbonyl (C=O) groups excluding carboxylic acids is 1. The van der Waals surface area contributed by atoms with E-state index in [1.165, 1.54) is 23.5 Å². The molecule has 0 saturated heterocycles. The number of benzene rings is 1. The molecule has 0 aliphatic rings. The molecule has 112 valence electrons. The Morgan fingerprint density at radius 1 is 1.43 bits per heavy atom. The van der Waals surface area contributed by atoms with Crippen molar-refractivity contribution in [1.82, 2.24) is 9.55 Å². The molecule has 1 unspecified atom stereocenters. The Kier molecular flexibility index (Phi) is 6.48. The van der Waals surface area contributed by atoms with E-state index in [9.17, 15) is 4.79 Å². The number of hydrogen-bond donors (Lipinski definition) is 0. The average molecular weight is 361 g/mol. The fraction of sp³-hybridized carbons (Fsp3) is 0.286. The van der Waals surface area contributed by atoms with E-state index < -0.39 is 0 Å². The van der Waals surface area contributed by atoms with Crippen LogP contribution in [-0.4, -0.2) is 19.8 Å². The van der Waals surface area contributed by atoms with Gasteiger partial charge in [-0.15, -0.1) is 0 Å². The van der Waals surface area contributed by atoms with Gasteiger partial charge in [0.1, 0.15) is 0 Å². The third-order valence-corrected chi connectivity index (χ3v) is 5.35. The molecule has 3 nitrogen and oxygen atoms in total. The Morgan fingerprint density at radius 2 is 2.24 bits per heavy atom. The van der Waals surface area contributed by atoms with E-state index in [1.807, 2.05) is 23.8 Å². The lowest BCUT2D eigenvalue weighted by Gasteiger charge is -2.18. The van der Waals surface area contributed by atoms with Crippen molar-refractivity contribution in [2.24, 2.45) is 0 Å². The van der Waals surface area contributed by atoms with Crippen molar-refractivity contribution in [2.75, 3.05) is 5.75 Å². The third kappa shape index (κ3) is 4.95. The average Bonchev–Trinajstić information content (AvgIpc) is 2.91. The highest BCUT2D eigenvalue weighted by Gasteiger charge is 2.20. The molecule has 0 N–H and O–H groups in total. The van der Waals surface area contributed by atoms with Crippen molar-refractivity contribution in [3.63, 3.8) is 0 Å². The molecule has 0 amide bonds. The van der Waals surface area contributed by atoms with Gasteiger partial charge in [0.05, 0.1) is 11.6 Å². The molecule has 2 aromatic rings. The first-order chi connectivity index (χ1) is 10.1. The van der Waals surface area contributed by atoms with Crippen molar-refractivity contribution in [3.8, 4) is 0 Å². The molecule has 1 heterocycles. The number of halogens is 2. The number of thioether (sulfide) groups is 2. The summed E-state index contributed by atoms with van der Waals surface area (Å²) in [5, 5.41) is 1.09. The van der Waals surface area contributed by atoms with Gasteiger partial charge >= 0.3 is 0 Å². The maximum absolute atomic E-state index is 12.0. The van der Waals surface area contributed by atoms with Crippen molar-refractivity contribution < 1.29 is 4.79 Å². The van der Waals surface area contributed by atoms with Crippen LogP contribution in [0.5, 0.6) is 0 Å². The Morgan fingerprint density at radius 3 is 2.86 bits per heavy atom. The molecular weight excluding hydrogens is 347 g/mol. The molecule has 1 aromatic carbocycles. The standard InChI is InChI=1S/C14H14Cl2N2OS2/c1-2-20-14(19)21-13(8-18-6-5-17-9-18)11-4-3-10(15)7-12(11)16/h3-7,9,13H,2,8H2,1H3. The largest absolute Gasteiger partial charge is 0.336 e. The summed E-state index contributed by atoms with van der Waals surface area (Å²) in [6.45, 7) is 2.59. The minimum atomic E-state index is -0.0736. The molecule has 0 aliphatic heterocycles. The van der Waals surface area contributed by atoms with Gasteiger partial charge in [-0.2, -0.15) is 0 Å².